The first-order valence-corrected chi connectivity index (χ1v) is 12.2. The average molecular weight is 407 g/mol. The van der Waals surface area contributed by atoms with Crippen molar-refractivity contribution in [2.24, 2.45) is 46.3 Å². The van der Waals surface area contributed by atoms with Gasteiger partial charge in [0.2, 0.25) is 0 Å². The molecular formula is C24H39O3P. The van der Waals surface area contributed by atoms with Gasteiger partial charge >= 0.3 is 0 Å². The molecule has 0 spiro atoms. The van der Waals surface area contributed by atoms with Crippen LogP contribution < -0.4 is 0 Å². The molecule has 10 unspecified atom stereocenters. The minimum absolute atomic E-state index is 0.226. The summed E-state index contributed by atoms with van der Waals surface area (Å²) in [6, 6.07) is 0. The third-order valence-corrected chi connectivity index (χ3v) is 10.4. The van der Waals surface area contributed by atoms with Crippen molar-refractivity contribution in [3.8, 4) is 0 Å². The van der Waals surface area contributed by atoms with Crippen LogP contribution in [0.1, 0.15) is 85.0 Å². The van der Waals surface area contributed by atoms with Crippen LogP contribution in [0.4, 0.5) is 0 Å². The third-order valence-electron chi connectivity index (χ3n) is 10.1. The Balaban J connectivity index is 1.56. The van der Waals surface area contributed by atoms with E-state index in [1.807, 2.05) is 0 Å². The Kier molecular flexibility index (Phi) is 5.58. The highest BCUT2D eigenvalue weighted by molar-refractivity contribution is 7.40. The van der Waals surface area contributed by atoms with E-state index in [0.717, 1.165) is 25.7 Å². The van der Waals surface area contributed by atoms with Crippen LogP contribution in [0.5, 0.6) is 0 Å². The van der Waals surface area contributed by atoms with Crippen LogP contribution in [-0.4, -0.2) is 22.5 Å². The highest BCUT2D eigenvalue weighted by Gasteiger charge is 2.62. The fourth-order valence-electron chi connectivity index (χ4n) is 8.56. The van der Waals surface area contributed by atoms with Crippen LogP contribution in [-0.2, 0) is 9.59 Å². The second-order valence-corrected chi connectivity index (χ2v) is 11.9. The number of Topliss-reactive ketones (excluding diaryl/α,β-unsaturated/α-hetero) is 1. The van der Waals surface area contributed by atoms with E-state index in [0.29, 0.717) is 59.5 Å². The van der Waals surface area contributed by atoms with Crippen molar-refractivity contribution in [2.45, 2.75) is 91.1 Å². The van der Waals surface area contributed by atoms with E-state index in [1.165, 1.54) is 25.7 Å². The molecule has 0 saturated heterocycles. The molecule has 3 nitrogen and oxygen atoms in total. The molecule has 0 aliphatic heterocycles. The molecular weight excluding hydrogens is 367 g/mol. The Morgan fingerprint density at radius 3 is 2.61 bits per heavy atom. The summed E-state index contributed by atoms with van der Waals surface area (Å²) in [4.78, 5) is 23.5. The van der Waals surface area contributed by atoms with Crippen molar-refractivity contribution in [1.29, 1.82) is 0 Å². The molecule has 0 aromatic rings. The zero-order valence-corrected chi connectivity index (χ0v) is 19.1. The minimum Gasteiger partial charge on any atom is -0.393 e. The number of hydrogen-bond donors (Lipinski definition) is 1. The number of carbonyl (C=O) groups is 2. The van der Waals surface area contributed by atoms with Crippen LogP contribution in [0.2, 0.25) is 0 Å². The largest absolute Gasteiger partial charge is 0.393 e. The molecule has 4 fully saturated rings. The second-order valence-electron chi connectivity index (χ2n) is 11.2. The quantitative estimate of drug-likeness (QED) is 0.668. The Morgan fingerprint density at radius 2 is 1.89 bits per heavy atom. The van der Waals surface area contributed by atoms with Crippen molar-refractivity contribution >= 4 is 20.5 Å². The van der Waals surface area contributed by atoms with Gasteiger partial charge in [-0.05, 0) is 91.3 Å². The minimum atomic E-state index is -0.235. The molecule has 0 heterocycles. The lowest BCUT2D eigenvalue weighted by molar-refractivity contribution is -0.168. The van der Waals surface area contributed by atoms with Crippen LogP contribution in [0.15, 0.2) is 0 Å². The summed E-state index contributed by atoms with van der Waals surface area (Å²) in [5.41, 5.74) is 0.775. The van der Waals surface area contributed by atoms with Crippen LogP contribution in [0.25, 0.3) is 0 Å². The van der Waals surface area contributed by atoms with Gasteiger partial charge in [0.1, 0.15) is 11.3 Å². The van der Waals surface area contributed by atoms with E-state index >= 15 is 0 Å². The first-order valence-electron chi connectivity index (χ1n) is 11.6. The van der Waals surface area contributed by atoms with Crippen molar-refractivity contribution in [2.75, 3.05) is 0 Å². The van der Waals surface area contributed by atoms with Gasteiger partial charge < -0.3 is 5.11 Å². The summed E-state index contributed by atoms with van der Waals surface area (Å²) in [5, 5.41) is 11.2. The molecule has 0 aromatic heterocycles. The van der Waals surface area contributed by atoms with E-state index in [9.17, 15) is 14.7 Å². The Bertz CT molecular complexity index is 648. The lowest BCUT2D eigenvalue weighted by Crippen LogP contribution is -2.58. The molecule has 4 rings (SSSR count). The van der Waals surface area contributed by atoms with E-state index in [2.05, 4.69) is 30.0 Å². The molecule has 0 aromatic carbocycles. The zero-order chi connectivity index (χ0) is 20.3. The molecule has 4 aliphatic carbocycles. The van der Waals surface area contributed by atoms with Gasteiger partial charge in [-0.15, -0.1) is 0 Å². The van der Waals surface area contributed by atoms with Crippen molar-refractivity contribution in [3.63, 3.8) is 0 Å². The fourth-order valence-corrected chi connectivity index (χ4v) is 8.73. The van der Waals surface area contributed by atoms with Gasteiger partial charge in [0.25, 0.3) is 0 Å². The smallest absolute Gasteiger partial charge is 0.148 e. The summed E-state index contributed by atoms with van der Waals surface area (Å²) in [6.45, 7) is 7.28. The fraction of sp³-hybridized carbons (Fsp3) is 0.917. The van der Waals surface area contributed by atoms with E-state index in [4.69, 9.17) is 0 Å². The highest BCUT2D eigenvalue weighted by Crippen LogP contribution is 2.68. The first-order chi connectivity index (χ1) is 13.2. The maximum absolute atomic E-state index is 12.1. The van der Waals surface area contributed by atoms with E-state index < -0.39 is 0 Å². The SMILES string of the molecule is CC(CCC(=O)P)C1CCC2C3C(O)CC4CC(=O)CCC4(C)C3CCC12C. The Morgan fingerprint density at radius 1 is 1.18 bits per heavy atom. The molecule has 10 atom stereocenters. The predicted octanol–water partition coefficient (Wildman–Crippen LogP) is 5.00. The lowest BCUT2D eigenvalue weighted by Gasteiger charge is -2.62. The van der Waals surface area contributed by atoms with Gasteiger partial charge in [0.05, 0.1) is 6.10 Å². The molecule has 0 bridgehead atoms. The Labute approximate surface area is 173 Å². The molecule has 4 heteroatoms. The predicted molar refractivity (Wildman–Crippen MR) is 115 cm³/mol. The number of carbonyl (C=O) groups excluding carboxylic acids is 2. The number of aliphatic hydroxyl groups is 1. The highest BCUT2D eigenvalue weighted by atomic mass is 31.0. The molecule has 4 saturated carbocycles. The first kappa shape index (κ1) is 21.0. The maximum atomic E-state index is 12.1. The number of hydrogen-bond acceptors (Lipinski definition) is 3. The van der Waals surface area contributed by atoms with Crippen molar-refractivity contribution in [1.82, 2.24) is 0 Å². The normalized spacial score (nSPS) is 49.1. The van der Waals surface area contributed by atoms with Gasteiger partial charge in [-0.1, -0.05) is 30.0 Å². The van der Waals surface area contributed by atoms with Gasteiger partial charge in [-0.25, -0.2) is 0 Å². The number of aliphatic hydroxyl groups excluding tert-OH is 1. The zero-order valence-electron chi connectivity index (χ0n) is 18.0. The monoisotopic (exact) mass is 406 g/mol. The topological polar surface area (TPSA) is 54.4 Å². The lowest BCUT2D eigenvalue weighted by atomic mass is 9.44. The van der Waals surface area contributed by atoms with Gasteiger partial charge in [0, 0.05) is 19.3 Å². The molecule has 4 aliphatic rings. The summed E-state index contributed by atoms with van der Waals surface area (Å²) >= 11 is 0. The standard InChI is InChI=1S/C24H39O3P/c1-14(4-7-21(27)28)17-5-6-18-22-19(9-11-24(17,18)3)23(2)10-8-16(25)12-15(23)13-20(22)26/h14-15,17-20,22,26H,4-13,28H2,1-3H3. The van der Waals surface area contributed by atoms with Gasteiger partial charge in [-0.2, -0.15) is 0 Å². The van der Waals surface area contributed by atoms with Crippen molar-refractivity contribution < 1.29 is 14.7 Å². The number of rotatable bonds is 4. The number of fused-ring (bicyclic) bond motifs is 5. The van der Waals surface area contributed by atoms with Crippen LogP contribution in [0.3, 0.4) is 0 Å². The van der Waals surface area contributed by atoms with E-state index in [-0.39, 0.29) is 17.0 Å². The van der Waals surface area contributed by atoms with Gasteiger partial charge in [-0.3, -0.25) is 9.59 Å². The Hall–Kier alpha value is -0.270. The molecule has 0 amide bonds. The summed E-state index contributed by atoms with van der Waals surface area (Å²) < 4.78 is 0. The second kappa shape index (κ2) is 7.45. The van der Waals surface area contributed by atoms with Crippen LogP contribution >= 0.6 is 9.24 Å². The maximum Gasteiger partial charge on any atom is 0.148 e. The third kappa shape index (κ3) is 3.24. The summed E-state index contributed by atoms with van der Waals surface area (Å²) in [5.74, 6) is 3.64. The number of ketones is 1. The van der Waals surface area contributed by atoms with Crippen molar-refractivity contribution in [3.05, 3.63) is 0 Å². The summed E-state index contributed by atoms with van der Waals surface area (Å²) in [6.07, 6.45) is 9.69. The molecule has 0 radical (unpaired) electrons. The van der Waals surface area contributed by atoms with Crippen LogP contribution in [0, 0.1) is 46.3 Å². The molecule has 158 valence electrons. The van der Waals surface area contributed by atoms with E-state index in [1.54, 1.807) is 0 Å². The molecule has 28 heavy (non-hydrogen) atoms. The molecule has 1 N–H and O–H groups in total. The average Bonchev–Trinajstić information content (AvgIpc) is 2.98. The van der Waals surface area contributed by atoms with Gasteiger partial charge in [0.15, 0.2) is 0 Å². The summed E-state index contributed by atoms with van der Waals surface area (Å²) in [7, 11) is 2.32.